The zero-order chi connectivity index (χ0) is 33.7. The Kier molecular flexibility index (Phi) is 17.1. The van der Waals surface area contributed by atoms with Gasteiger partial charge in [0.1, 0.15) is 29.5 Å². The van der Waals surface area contributed by atoms with E-state index in [0.29, 0.717) is 31.5 Å². The Hall–Kier alpha value is -3.60. The normalized spacial score (nSPS) is 18.5. The van der Waals surface area contributed by atoms with Crippen LogP contribution in [0.15, 0.2) is 61.2 Å². The lowest BCUT2D eigenvalue weighted by Crippen LogP contribution is -2.29. The number of hydrogen-bond donors (Lipinski definition) is 0. The molecule has 0 amide bonds. The van der Waals surface area contributed by atoms with E-state index in [-0.39, 0.29) is 30.9 Å². The van der Waals surface area contributed by atoms with Crippen LogP contribution in [0.25, 0.3) is 0 Å². The quantitative estimate of drug-likeness (QED) is 0.0353. The summed E-state index contributed by atoms with van der Waals surface area (Å²) in [4.78, 5) is 23.7. The summed E-state index contributed by atoms with van der Waals surface area (Å²) in [6.45, 7) is 7.63. The third kappa shape index (κ3) is 15.5. The van der Waals surface area contributed by atoms with Crippen molar-refractivity contribution in [2.75, 3.05) is 46.4 Å². The van der Waals surface area contributed by atoms with E-state index in [1.807, 2.05) is 24.3 Å². The molecule has 1 atom stereocenters. The van der Waals surface area contributed by atoms with Crippen molar-refractivity contribution in [2.24, 2.45) is 0 Å². The van der Waals surface area contributed by atoms with Crippen molar-refractivity contribution in [3.8, 4) is 17.2 Å². The average molecular weight is 669 g/mol. The molecule has 1 unspecified atom stereocenters. The minimum Gasteiger partial charge on any atom is -0.494 e. The van der Waals surface area contributed by atoms with Gasteiger partial charge in [0.15, 0.2) is 6.79 Å². The maximum absolute atomic E-state index is 12.7. The molecule has 0 aromatic heterocycles. The third-order valence-electron chi connectivity index (χ3n) is 8.21. The molecule has 2 aromatic rings. The number of epoxide rings is 1. The zero-order valence-electron chi connectivity index (χ0n) is 28.2. The number of hydrogen-bond acceptors (Lipinski definition) is 10. The number of unbranched alkanes of at least 4 members (excludes halogenated alkanes) is 6. The molecule has 4 rings (SSSR count). The van der Waals surface area contributed by atoms with E-state index in [1.54, 1.807) is 24.3 Å². The first-order valence-electron chi connectivity index (χ1n) is 17.5. The fraction of sp³-hybridized carbons (Fsp3) is 0.579. The van der Waals surface area contributed by atoms with Crippen LogP contribution in [0.3, 0.4) is 0 Å². The molecule has 0 bridgehead atoms. The van der Waals surface area contributed by atoms with E-state index >= 15 is 0 Å². The number of carbonyl (C=O) groups excluding carboxylic acids is 2. The van der Waals surface area contributed by atoms with Crippen LogP contribution < -0.4 is 14.2 Å². The van der Waals surface area contributed by atoms with Crippen molar-refractivity contribution in [1.29, 1.82) is 0 Å². The summed E-state index contributed by atoms with van der Waals surface area (Å²) >= 11 is 0. The van der Waals surface area contributed by atoms with Crippen LogP contribution in [0.5, 0.6) is 17.2 Å². The predicted molar refractivity (Wildman–Crippen MR) is 181 cm³/mol. The van der Waals surface area contributed by atoms with Gasteiger partial charge in [0.05, 0.1) is 44.7 Å². The number of esters is 2. The molecule has 1 saturated carbocycles. The first kappa shape index (κ1) is 37.2. The lowest BCUT2D eigenvalue weighted by atomic mass is 9.95. The highest BCUT2D eigenvalue weighted by Gasteiger charge is 2.25. The van der Waals surface area contributed by atoms with Crippen LogP contribution in [0.4, 0.5) is 0 Å². The molecule has 264 valence electrons. The largest absolute Gasteiger partial charge is 0.494 e. The first-order chi connectivity index (χ1) is 23.6. The van der Waals surface area contributed by atoms with Gasteiger partial charge in [0, 0.05) is 12.7 Å². The summed E-state index contributed by atoms with van der Waals surface area (Å²) < 4.78 is 44.8. The van der Waals surface area contributed by atoms with E-state index in [1.165, 1.54) is 6.08 Å². The van der Waals surface area contributed by atoms with Gasteiger partial charge in [-0.25, -0.2) is 9.59 Å². The Morgan fingerprint density at radius 3 is 1.79 bits per heavy atom. The number of ether oxygens (including phenoxy) is 8. The van der Waals surface area contributed by atoms with Crippen LogP contribution in [0.2, 0.25) is 0 Å². The monoisotopic (exact) mass is 668 g/mol. The summed E-state index contributed by atoms with van der Waals surface area (Å²) in [7, 11) is 0. The third-order valence-corrected chi connectivity index (χ3v) is 8.21. The highest BCUT2D eigenvalue weighted by atomic mass is 16.7. The van der Waals surface area contributed by atoms with E-state index < -0.39 is 0 Å². The van der Waals surface area contributed by atoms with E-state index in [0.717, 1.165) is 114 Å². The molecule has 0 N–H and O–H groups in total. The van der Waals surface area contributed by atoms with Gasteiger partial charge < -0.3 is 37.9 Å². The first-order valence-corrected chi connectivity index (χ1v) is 17.5. The highest BCUT2D eigenvalue weighted by Crippen LogP contribution is 2.25. The van der Waals surface area contributed by atoms with E-state index in [2.05, 4.69) is 6.58 Å². The van der Waals surface area contributed by atoms with Crippen molar-refractivity contribution in [2.45, 2.75) is 95.4 Å². The molecule has 1 aliphatic carbocycles. The van der Waals surface area contributed by atoms with Crippen molar-refractivity contribution in [1.82, 2.24) is 0 Å². The summed E-state index contributed by atoms with van der Waals surface area (Å²) in [5.74, 6) is 1.58. The van der Waals surface area contributed by atoms with Crippen LogP contribution in [-0.4, -0.2) is 76.7 Å². The van der Waals surface area contributed by atoms with Crippen LogP contribution in [0.1, 0.15) is 87.4 Å². The molecule has 1 aliphatic heterocycles. The molecule has 1 heterocycles. The van der Waals surface area contributed by atoms with Gasteiger partial charge in [-0.3, -0.25) is 0 Å². The molecule has 10 heteroatoms. The molecule has 1 saturated heterocycles. The Bertz CT molecular complexity index is 1190. The lowest BCUT2D eigenvalue weighted by Gasteiger charge is -2.28. The van der Waals surface area contributed by atoms with Crippen molar-refractivity contribution in [3.05, 3.63) is 66.7 Å². The number of benzene rings is 2. The maximum atomic E-state index is 12.7. The number of rotatable bonds is 25. The minimum absolute atomic E-state index is 0.0764. The second-order valence-electron chi connectivity index (χ2n) is 12.2. The smallest absolute Gasteiger partial charge is 0.338 e. The molecule has 2 fully saturated rings. The van der Waals surface area contributed by atoms with Crippen molar-refractivity contribution < 1.29 is 47.5 Å². The molecule has 10 nitrogen and oxygen atoms in total. The maximum Gasteiger partial charge on any atom is 0.338 e. The van der Waals surface area contributed by atoms with Gasteiger partial charge in [-0.1, -0.05) is 13.0 Å². The van der Waals surface area contributed by atoms with Gasteiger partial charge in [0.25, 0.3) is 0 Å². The molecule has 2 aliphatic rings. The molecular weight excluding hydrogens is 616 g/mol. The average Bonchev–Trinajstić information content (AvgIpc) is 3.95. The number of carbonyl (C=O) groups is 2. The zero-order valence-corrected chi connectivity index (χ0v) is 28.2. The summed E-state index contributed by atoms with van der Waals surface area (Å²) in [5.41, 5.74) is 0.510. The fourth-order valence-electron chi connectivity index (χ4n) is 5.26. The molecule has 0 radical (unpaired) electrons. The molecular formula is C38H52O10. The summed E-state index contributed by atoms with van der Waals surface area (Å²) in [6, 6.07) is 14.7. The summed E-state index contributed by atoms with van der Waals surface area (Å²) in [6.07, 6.45) is 12.6. The SMILES string of the molecule is C=CC(=O)OCCCCCCOc1ccc(C(=O)OC2CCC(OCOc3ccc(OCCCCCCOCC4CO4)cc3)CC2)cc1. The minimum atomic E-state index is -0.385. The Morgan fingerprint density at radius 2 is 1.21 bits per heavy atom. The van der Waals surface area contributed by atoms with Crippen LogP contribution >= 0.6 is 0 Å². The molecule has 0 spiro atoms. The lowest BCUT2D eigenvalue weighted by molar-refractivity contribution is -0.137. The van der Waals surface area contributed by atoms with E-state index in [9.17, 15) is 9.59 Å². The van der Waals surface area contributed by atoms with Gasteiger partial charge in [-0.05, 0) is 119 Å². The highest BCUT2D eigenvalue weighted by molar-refractivity contribution is 5.89. The standard InChI is InChI=1S/C38H52O10/c1-2-37(39)44-26-10-6-5-9-24-42-31-13-11-30(12-14-31)38(40)48-35-21-19-34(20-22-35)47-29-46-33-17-15-32(16-18-33)43-25-8-4-3-7-23-41-27-36-28-45-36/h2,11-18,34-36H,1,3-10,19-29H2. The van der Waals surface area contributed by atoms with Crippen LogP contribution in [0, 0.1) is 0 Å². The second-order valence-corrected chi connectivity index (χ2v) is 12.2. The molecule has 2 aromatic carbocycles. The Morgan fingerprint density at radius 1 is 0.688 bits per heavy atom. The van der Waals surface area contributed by atoms with Gasteiger partial charge in [0.2, 0.25) is 0 Å². The van der Waals surface area contributed by atoms with Gasteiger partial charge in [-0.2, -0.15) is 0 Å². The molecule has 48 heavy (non-hydrogen) atoms. The fourth-order valence-corrected chi connectivity index (χ4v) is 5.26. The van der Waals surface area contributed by atoms with Gasteiger partial charge >= 0.3 is 11.9 Å². The predicted octanol–water partition coefficient (Wildman–Crippen LogP) is 7.23. The topological polar surface area (TPSA) is 111 Å². The van der Waals surface area contributed by atoms with Crippen molar-refractivity contribution >= 4 is 11.9 Å². The summed E-state index contributed by atoms with van der Waals surface area (Å²) in [5, 5.41) is 0. The van der Waals surface area contributed by atoms with E-state index in [4.69, 9.17) is 37.9 Å². The van der Waals surface area contributed by atoms with Crippen molar-refractivity contribution in [3.63, 3.8) is 0 Å². The van der Waals surface area contributed by atoms with Crippen LogP contribution in [-0.2, 0) is 28.5 Å². The Labute approximate surface area is 285 Å². The Balaban J connectivity index is 0.981. The second kappa shape index (κ2) is 22.1. The van der Waals surface area contributed by atoms with Gasteiger partial charge in [-0.15, -0.1) is 0 Å².